The lowest BCUT2D eigenvalue weighted by molar-refractivity contribution is -0.130. The number of benzene rings is 1. The van der Waals surface area contributed by atoms with E-state index in [2.05, 4.69) is 63.6 Å². The van der Waals surface area contributed by atoms with E-state index in [4.69, 9.17) is 0 Å². The first-order valence-electron chi connectivity index (χ1n) is 10.7. The van der Waals surface area contributed by atoms with Crippen molar-refractivity contribution < 1.29 is 4.79 Å². The molecule has 160 valence electrons. The van der Waals surface area contributed by atoms with E-state index in [0.29, 0.717) is 6.54 Å². The number of aryl methyl sites for hydroxylation is 1. The fourth-order valence-electron chi connectivity index (χ4n) is 4.30. The lowest BCUT2D eigenvalue weighted by Gasteiger charge is -2.38. The van der Waals surface area contributed by atoms with E-state index in [9.17, 15) is 4.79 Å². The van der Waals surface area contributed by atoms with Crippen LogP contribution in [0.25, 0.3) is 0 Å². The number of piperazine rings is 1. The van der Waals surface area contributed by atoms with Gasteiger partial charge in [-0.1, -0.05) is 12.1 Å². The van der Waals surface area contributed by atoms with Gasteiger partial charge in [-0.25, -0.2) is 0 Å². The quantitative estimate of drug-likeness (QED) is 0.607. The van der Waals surface area contributed by atoms with Crippen LogP contribution in [-0.2, 0) is 17.8 Å². The third-order valence-corrected chi connectivity index (χ3v) is 7.29. The van der Waals surface area contributed by atoms with Crippen LogP contribution in [0.1, 0.15) is 21.6 Å². The number of rotatable bonds is 3. The Morgan fingerprint density at radius 1 is 1.10 bits per heavy atom. The summed E-state index contributed by atoms with van der Waals surface area (Å²) in [4.78, 5) is 25.2. The summed E-state index contributed by atoms with van der Waals surface area (Å²) in [6, 6.07) is 8.65. The fourth-order valence-corrected chi connectivity index (χ4v) is 5.19. The number of amides is 1. The van der Waals surface area contributed by atoms with Crippen molar-refractivity contribution in [2.75, 3.05) is 51.2 Å². The van der Waals surface area contributed by atoms with Crippen LogP contribution in [0.4, 0.5) is 5.69 Å². The number of fused-ring (bicyclic) bond motifs is 1. The number of thiophene rings is 1. The Morgan fingerprint density at radius 2 is 1.90 bits per heavy atom. The SMILES string of the molecule is CN=C(NCC(=O)N1CCc2sccc2C1)N1CCN(c2cccc(C)c2C)CC1. The predicted molar refractivity (Wildman–Crippen MR) is 125 cm³/mol. The molecular weight excluding hydrogens is 394 g/mol. The van der Waals surface area contributed by atoms with Crippen molar-refractivity contribution >= 4 is 28.9 Å². The van der Waals surface area contributed by atoms with Gasteiger partial charge in [-0.15, -0.1) is 11.3 Å². The Labute approximate surface area is 183 Å². The zero-order chi connectivity index (χ0) is 21.1. The third-order valence-electron chi connectivity index (χ3n) is 6.27. The van der Waals surface area contributed by atoms with Gasteiger partial charge in [0.25, 0.3) is 0 Å². The molecule has 4 rings (SSSR count). The molecule has 0 bridgehead atoms. The molecule has 1 N–H and O–H groups in total. The van der Waals surface area contributed by atoms with E-state index in [0.717, 1.165) is 51.6 Å². The minimum atomic E-state index is 0.141. The van der Waals surface area contributed by atoms with Crippen LogP contribution < -0.4 is 10.2 Å². The van der Waals surface area contributed by atoms with Crippen molar-refractivity contribution in [3.8, 4) is 0 Å². The summed E-state index contributed by atoms with van der Waals surface area (Å²) in [5, 5.41) is 5.42. The van der Waals surface area contributed by atoms with Crippen LogP contribution in [0, 0.1) is 13.8 Å². The van der Waals surface area contributed by atoms with Crippen LogP contribution >= 0.6 is 11.3 Å². The van der Waals surface area contributed by atoms with Gasteiger partial charge in [0.2, 0.25) is 5.91 Å². The standard InChI is InChI=1S/C23H31N5OS/c1-17-5-4-6-20(18(17)2)26-10-12-27(13-11-26)23(24-3)25-15-22(29)28-9-7-21-19(16-28)8-14-30-21/h4-6,8,14H,7,9-13,15-16H2,1-3H3,(H,24,25). The van der Waals surface area contributed by atoms with E-state index < -0.39 is 0 Å². The molecule has 1 amide bonds. The number of nitrogens with zero attached hydrogens (tertiary/aromatic N) is 4. The highest BCUT2D eigenvalue weighted by Gasteiger charge is 2.24. The maximum Gasteiger partial charge on any atom is 0.242 e. The lowest BCUT2D eigenvalue weighted by Crippen LogP contribution is -2.54. The predicted octanol–water partition coefficient (Wildman–Crippen LogP) is 2.65. The number of hydrogen-bond acceptors (Lipinski definition) is 4. The van der Waals surface area contributed by atoms with E-state index in [1.807, 2.05) is 4.90 Å². The van der Waals surface area contributed by atoms with Crippen LogP contribution in [-0.4, -0.2) is 68.0 Å². The zero-order valence-electron chi connectivity index (χ0n) is 18.1. The Balaban J connectivity index is 1.29. The molecule has 2 aliphatic rings. The number of aliphatic imine (C=N–C) groups is 1. The Bertz CT molecular complexity index is 929. The van der Waals surface area contributed by atoms with Crippen LogP contribution in [0.3, 0.4) is 0 Å². The molecule has 1 aromatic heterocycles. The van der Waals surface area contributed by atoms with Gasteiger partial charge < -0.3 is 20.0 Å². The van der Waals surface area contributed by atoms with Gasteiger partial charge in [-0.3, -0.25) is 9.79 Å². The smallest absolute Gasteiger partial charge is 0.242 e. The normalized spacial score (nSPS) is 17.2. The van der Waals surface area contributed by atoms with Crippen LogP contribution in [0.5, 0.6) is 0 Å². The molecule has 0 atom stereocenters. The van der Waals surface area contributed by atoms with Crippen LogP contribution in [0.2, 0.25) is 0 Å². The molecule has 0 saturated carbocycles. The summed E-state index contributed by atoms with van der Waals surface area (Å²) in [5.74, 6) is 0.958. The average Bonchev–Trinajstić information content (AvgIpc) is 3.24. The molecule has 0 unspecified atom stereocenters. The van der Waals surface area contributed by atoms with E-state index in [1.54, 1.807) is 18.4 Å². The Morgan fingerprint density at radius 3 is 2.67 bits per heavy atom. The van der Waals surface area contributed by atoms with Gasteiger partial charge >= 0.3 is 0 Å². The molecule has 7 heteroatoms. The average molecular weight is 426 g/mol. The van der Waals surface area contributed by atoms with Crippen molar-refractivity contribution in [1.82, 2.24) is 15.1 Å². The molecule has 0 aliphatic carbocycles. The summed E-state index contributed by atoms with van der Waals surface area (Å²) < 4.78 is 0. The first-order valence-corrected chi connectivity index (χ1v) is 11.5. The molecule has 0 radical (unpaired) electrons. The highest BCUT2D eigenvalue weighted by Crippen LogP contribution is 2.25. The second kappa shape index (κ2) is 9.08. The first-order chi connectivity index (χ1) is 14.6. The third kappa shape index (κ3) is 4.31. The van der Waals surface area contributed by atoms with Crippen molar-refractivity contribution in [2.45, 2.75) is 26.8 Å². The zero-order valence-corrected chi connectivity index (χ0v) is 19.0. The van der Waals surface area contributed by atoms with Gasteiger partial charge in [0.05, 0.1) is 6.54 Å². The summed E-state index contributed by atoms with van der Waals surface area (Å²) in [7, 11) is 1.79. The van der Waals surface area contributed by atoms with E-state index in [1.165, 1.54) is 27.3 Å². The molecule has 2 aliphatic heterocycles. The number of hydrogen-bond donors (Lipinski definition) is 1. The summed E-state index contributed by atoms with van der Waals surface area (Å²) in [6.45, 7) is 9.88. The molecule has 6 nitrogen and oxygen atoms in total. The summed E-state index contributed by atoms with van der Waals surface area (Å²) >= 11 is 1.80. The van der Waals surface area contributed by atoms with Gasteiger partial charge in [0.15, 0.2) is 5.96 Å². The molecule has 0 spiro atoms. The largest absolute Gasteiger partial charge is 0.368 e. The second-order valence-corrected chi connectivity index (χ2v) is 9.03. The topological polar surface area (TPSA) is 51.2 Å². The van der Waals surface area contributed by atoms with Gasteiger partial charge in [0, 0.05) is 56.9 Å². The van der Waals surface area contributed by atoms with Gasteiger partial charge in [-0.05, 0) is 54.5 Å². The second-order valence-electron chi connectivity index (χ2n) is 8.03. The highest BCUT2D eigenvalue weighted by atomic mass is 32.1. The molecule has 2 aromatic rings. The van der Waals surface area contributed by atoms with Crippen molar-refractivity contribution in [3.63, 3.8) is 0 Å². The Kier molecular flexibility index (Phi) is 6.27. The van der Waals surface area contributed by atoms with E-state index in [-0.39, 0.29) is 5.91 Å². The number of nitrogens with one attached hydrogen (secondary N) is 1. The lowest BCUT2D eigenvalue weighted by atomic mass is 10.1. The minimum absolute atomic E-state index is 0.141. The Hall–Kier alpha value is -2.54. The monoisotopic (exact) mass is 425 g/mol. The molecule has 1 saturated heterocycles. The van der Waals surface area contributed by atoms with Crippen molar-refractivity contribution in [3.05, 3.63) is 51.2 Å². The van der Waals surface area contributed by atoms with Crippen molar-refractivity contribution in [1.29, 1.82) is 0 Å². The summed E-state index contributed by atoms with van der Waals surface area (Å²) in [5.41, 5.74) is 5.31. The van der Waals surface area contributed by atoms with Crippen molar-refractivity contribution in [2.24, 2.45) is 4.99 Å². The highest BCUT2D eigenvalue weighted by molar-refractivity contribution is 7.10. The minimum Gasteiger partial charge on any atom is -0.368 e. The molecule has 30 heavy (non-hydrogen) atoms. The van der Waals surface area contributed by atoms with E-state index >= 15 is 0 Å². The van der Waals surface area contributed by atoms with Gasteiger partial charge in [0.1, 0.15) is 0 Å². The first kappa shape index (κ1) is 20.7. The number of carbonyl (C=O) groups is 1. The molecule has 3 heterocycles. The number of carbonyl (C=O) groups excluding carboxylic acids is 1. The maximum absolute atomic E-state index is 12.7. The maximum atomic E-state index is 12.7. The molecule has 1 fully saturated rings. The fraction of sp³-hybridized carbons (Fsp3) is 0.478. The molecule has 1 aromatic carbocycles. The number of anilines is 1. The van der Waals surface area contributed by atoms with Crippen LogP contribution in [0.15, 0.2) is 34.6 Å². The molecular formula is C23H31N5OS. The van der Waals surface area contributed by atoms with Gasteiger partial charge in [-0.2, -0.15) is 0 Å². The number of guanidine groups is 1. The summed E-state index contributed by atoms with van der Waals surface area (Å²) in [6.07, 6.45) is 0.966.